The van der Waals surface area contributed by atoms with Crippen LogP contribution in [0.2, 0.25) is 0 Å². The van der Waals surface area contributed by atoms with Gasteiger partial charge in [-0.15, -0.1) is 0 Å². The summed E-state index contributed by atoms with van der Waals surface area (Å²) in [5.41, 5.74) is 0. The molecule has 29 heavy (non-hydrogen) atoms. The summed E-state index contributed by atoms with van der Waals surface area (Å²) in [7, 11) is 1.59. The van der Waals surface area contributed by atoms with Crippen molar-refractivity contribution in [2.45, 2.75) is 116 Å². The molecule has 176 valence electrons. The van der Waals surface area contributed by atoms with Crippen LogP contribution in [0, 0.1) is 0 Å². The minimum absolute atomic E-state index is 0.0803. The highest BCUT2D eigenvalue weighted by Gasteiger charge is 2.18. The fourth-order valence-electron chi connectivity index (χ4n) is 3.40. The van der Waals surface area contributed by atoms with Crippen molar-refractivity contribution in [2.24, 2.45) is 0 Å². The second-order valence-corrected chi connectivity index (χ2v) is 12.2. The largest absolute Gasteiger partial charge is 0.382 e. The zero-order valence-electron chi connectivity index (χ0n) is 18.8. The standard InChI is InChI=1S/C22H45Cl2O4P/c1-3-4-5-6-7-8-9-10-11-12-13-14-15-16-17-18-19-27-22(20-26-2)21-28-29(23,24)25/h22H,3-21H2,1-2H3. The maximum absolute atomic E-state index is 11.2. The van der Waals surface area contributed by atoms with E-state index in [0.717, 1.165) is 6.42 Å². The summed E-state index contributed by atoms with van der Waals surface area (Å²) in [5.74, 6) is 0. The molecule has 0 aliphatic heterocycles. The molecular weight excluding hydrogens is 430 g/mol. The van der Waals surface area contributed by atoms with Gasteiger partial charge >= 0.3 is 6.07 Å². The summed E-state index contributed by atoms with van der Waals surface area (Å²) >= 11 is 10.8. The molecule has 1 atom stereocenters. The van der Waals surface area contributed by atoms with E-state index in [1.165, 1.54) is 96.3 Å². The number of hydrogen-bond acceptors (Lipinski definition) is 4. The van der Waals surface area contributed by atoms with Crippen LogP contribution in [-0.2, 0) is 18.6 Å². The molecule has 0 aromatic carbocycles. The Morgan fingerprint density at radius 3 is 1.48 bits per heavy atom. The van der Waals surface area contributed by atoms with E-state index >= 15 is 0 Å². The SMILES string of the molecule is CCCCCCCCCCCCCCCCCCOC(COC)COP(=O)(Cl)Cl. The zero-order valence-corrected chi connectivity index (χ0v) is 21.3. The molecular formula is C22H45Cl2O4P. The van der Waals surface area contributed by atoms with Gasteiger partial charge in [0.2, 0.25) is 0 Å². The Balaban J connectivity index is 3.32. The van der Waals surface area contributed by atoms with E-state index in [4.69, 9.17) is 36.5 Å². The van der Waals surface area contributed by atoms with E-state index in [0.29, 0.717) is 13.2 Å². The molecule has 0 amide bonds. The molecule has 0 radical (unpaired) electrons. The second kappa shape index (κ2) is 21.9. The van der Waals surface area contributed by atoms with Crippen LogP contribution in [0.5, 0.6) is 0 Å². The van der Waals surface area contributed by atoms with Crippen molar-refractivity contribution < 1.29 is 18.6 Å². The van der Waals surface area contributed by atoms with Crippen molar-refractivity contribution in [1.82, 2.24) is 0 Å². The van der Waals surface area contributed by atoms with E-state index in [2.05, 4.69) is 6.92 Å². The van der Waals surface area contributed by atoms with Gasteiger partial charge in [-0.1, -0.05) is 103 Å². The van der Waals surface area contributed by atoms with Gasteiger partial charge in [0.1, 0.15) is 6.10 Å². The molecule has 1 unspecified atom stereocenters. The Labute approximate surface area is 189 Å². The predicted molar refractivity (Wildman–Crippen MR) is 126 cm³/mol. The van der Waals surface area contributed by atoms with Gasteiger partial charge in [0.05, 0.1) is 13.2 Å². The lowest BCUT2D eigenvalue weighted by Crippen LogP contribution is -2.24. The van der Waals surface area contributed by atoms with Gasteiger partial charge in [-0.2, -0.15) is 0 Å². The summed E-state index contributed by atoms with van der Waals surface area (Å²) < 4.78 is 26.9. The van der Waals surface area contributed by atoms with Crippen molar-refractivity contribution in [3.8, 4) is 0 Å². The number of rotatable bonds is 23. The number of ether oxygens (including phenoxy) is 2. The summed E-state index contributed by atoms with van der Waals surface area (Å²) in [6, 6.07) is 0. The van der Waals surface area contributed by atoms with E-state index in [-0.39, 0.29) is 12.7 Å². The first-order valence-corrected chi connectivity index (χ1v) is 15.2. The van der Waals surface area contributed by atoms with Gasteiger partial charge in [-0.3, -0.25) is 4.57 Å². The van der Waals surface area contributed by atoms with Crippen LogP contribution in [0.4, 0.5) is 0 Å². The highest BCUT2D eigenvalue weighted by Crippen LogP contribution is 2.57. The fourth-order valence-corrected chi connectivity index (χ4v) is 4.08. The smallest absolute Gasteiger partial charge is 0.380 e. The average molecular weight is 475 g/mol. The molecule has 4 nitrogen and oxygen atoms in total. The molecule has 0 heterocycles. The van der Waals surface area contributed by atoms with Crippen LogP contribution in [0.3, 0.4) is 0 Å². The first kappa shape index (κ1) is 29.7. The molecule has 0 N–H and O–H groups in total. The van der Waals surface area contributed by atoms with Crippen molar-refractivity contribution in [1.29, 1.82) is 0 Å². The molecule has 0 aliphatic carbocycles. The van der Waals surface area contributed by atoms with Crippen LogP contribution in [0.25, 0.3) is 0 Å². The first-order chi connectivity index (χ1) is 14.0. The van der Waals surface area contributed by atoms with Gasteiger partial charge in [-0.25, -0.2) is 0 Å². The third kappa shape index (κ3) is 24.8. The van der Waals surface area contributed by atoms with Crippen molar-refractivity contribution in [2.75, 3.05) is 26.9 Å². The predicted octanol–water partition coefficient (Wildman–Crippen LogP) is 8.88. The van der Waals surface area contributed by atoms with Crippen LogP contribution in [-0.4, -0.2) is 33.0 Å². The first-order valence-electron chi connectivity index (χ1n) is 11.7. The third-order valence-corrected chi connectivity index (χ3v) is 6.15. The Morgan fingerprint density at radius 1 is 0.690 bits per heavy atom. The number of methoxy groups -OCH3 is 1. The number of halogens is 2. The van der Waals surface area contributed by atoms with Crippen LogP contribution < -0.4 is 0 Å². The summed E-state index contributed by atoms with van der Waals surface area (Å²) in [6.07, 6.45) is 17.8. The second-order valence-electron chi connectivity index (χ2n) is 7.96. The quantitative estimate of drug-likeness (QED) is 0.109. The van der Waals surface area contributed by atoms with Crippen LogP contribution in [0.15, 0.2) is 0 Å². The van der Waals surface area contributed by atoms with Gasteiger partial charge in [-0.05, 0) is 28.9 Å². The third-order valence-electron chi connectivity index (χ3n) is 5.11. The molecule has 0 saturated heterocycles. The molecule has 0 fully saturated rings. The maximum atomic E-state index is 11.2. The Kier molecular flexibility index (Phi) is 22.4. The molecule has 0 aromatic heterocycles. The lowest BCUT2D eigenvalue weighted by atomic mass is 10.0. The van der Waals surface area contributed by atoms with Crippen LogP contribution in [0.1, 0.15) is 110 Å². The molecule has 0 rings (SSSR count). The molecule has 0 aromatic rings. The van der Waals surface area contributed by atoms with Crippen molar-refractivity contribution >= 4 is 28.6 Å². The maximum Gasteiger partial charge on any atom is 0.380 e. The summed E-state index contributed by atoms with van der Waals surface area (Å²) in [6.45, 7) is 3.37. The van der Waals surface area contributed by atoms with E-state index < -0.39 is 6.07 Å². The zero-order chi connectivity index (χ0) is 21.6. The summed E-state index contributed by atoms with van der Waals surface area (Å²) in [4.78, 5) is 0. The minimum atomic E-state index is -3.51. The van der Waals surface area contributed by atoms with E-state index in [1.807, 2.05) is 0 Å². The molecule has 7 heteroatoms. The van der Waals surface area contributed by atoms with Crippen LogP contribution >= 0.6 is 28.6 Å². The Bertz CT molecular complexity index is 380. The minimum Gasteiger partial charge on any atom is -0.382 e. The summed E-state index contributed by atoms with van der Waals surface area (Å²) in [5, 5.41) is 0. The fraction of sp³-hybridized carbons (Fsp3) is 1.00. The van der Waals surface area contributed by atoms with Crippen molar-refractivity contribution in [3.63, 3.8) is 0 Å². The number of hydrogen-bond donors (Lipinski definition) is 0. The molecule has 0 aliphatic rings. The topological polar surface area (TPSA) is 44.8 Å². The Morgan fingerprint density at radius 2 is 1.10 bits per heavy atom. The van der Waals surface area contributed by atoms with Gasteiger partial charge < -0.3 is 14.0 Å². The van der Waals surface area contributed by atoms with Gasteiger partial charge in [0.15, 0.2) is 0 Å². The van der Waals surface area contributed by atoms with Gasteiger partial charge in [0.25, 0.3) is 0 Å². The lowest BCUT2D eigenvalue weighted by molar-refractivity contribution is -0.0252. The van der Waals surface area contributed by atoms with E-state index in [9.17, 15) is 4.57 Å². The monoisotopic (exact) mass is 474 g/mol. The van der Waals surface area contributed by atoms with E-state index in [1.54, 1.807) is 7.11 Å². The average Bonchev–Trinajstić information content (AvgIpc) is 2.67. The number of unbranched alkanes of at least 4 members (excludes halogenated alkanes) is 15. The highest BCUT2D eigenvalue weighted by molar-refractivity contribution is 8.05. The Hall–Kier alpha value is 0.690. The molecule has 0 saturated carbocycles. The normalized spacial score (nSPS) is 13.1. The highest BCUT2D eigenvalue weighted by atomic mass is 35.9. The molecule has 0 spiro atoms. The lowest BCUT2D eigenvalue weighted by Gasteiger charge is -2.17. The van der Waals surface area contributed by atoms with Crippen molar-refractivity contribution in [3.05, 3.63) is 0 Å². The molecule has 0 bridgehead atoms. The van der Waals surface area contributed by atoms with Gasteiger partial charge in [0, 0.05) is 13.7 Å².